The summed E-state index contributed by atoms with van der Waals surface area (Å²) in [7, 11) is 0. The molecule has 0 aromatic rings. The molecular weight excluding hydrogens is 120 g/mol. The zero-order valence-electron chi connectivity index (χ0n) is 4.28. The van der Waals surface area contributed by atoms with Crippen LogP contribution in [0.1, 0.15) is 19.3 Å². The number of rotatable bonds is 0. The second-order valence-electron chi connectivity index (χ2n) is 1.30. The summed E-state index contributed by atoms with van der Waals surface area (Å²) in [5.41, 5.74) is 0. The predicted octanol–water partition coefficient (Wildman–Crippen LogP) is -1.85. The molecule has 0 radical (unpaired) electrons. The third kappa shape index (κ3) is 4.65. The molecule has 0 aliphatic heterocycles. The van der Waals surface area contributed by atoms with Crippen LogP contribution in [0.5, 0.6) is 0 Å². The van der Waals surface area contributed by atoms with E-state index in [4.69, 9.17) is 0 Å². The predicted molar refractivity (Wildman–Crippen MR) is 27.4 cm³/mol. The van der Waals surface area contributed by atoms with Crippen molar-refractivity contribution in [1.29, 1.82) is 0 Å². The van der Waals surface area contributed by atoms with E-state index in [9.17, 15) is 0 Å². The van der Waals surface area contributed by atoms with Gasteiger partial charge in [-0.15, -0.1) is 0 Å². The first-order valence-electron chi connectivity index (χ1n) is 2.05. The van der Waals surface area contributed by atoms with Gasteiger partial charge in [0.1, 0.15) is 0 Å². The van der Waals surface area contributed by atoms with Crippen LogP contribution in [0, 0.1) is 6.08 Å². The first-order chi connectivity index (χ1) is 2.50. The fourth-order valence-corrected chi connectivity index (χ4v) is 0.510. The number of hydrogen-bond acceptors (Lipinski definition) is 0. The molecule has 0 saturated heterocycles. The van der Waals surface area contributed by atoms with Crippen LogP contribution in [0.4, 0.5) is 0 Å². The molecule has 0 aromatic heterocycles. The fourth-order valence-electron chi connectivity index (χ4n) is 0.510. The summed E-state index contributed by atoms with van der Waals surface area (Å²) in [6.07, 6.45) is 9.00. The second kappa shape index (κ2) is 6.80. The van der Waals surface area contributed by atoms with Crippen molar-refractivity contribution in [3.05, 3.63) is 12.2 Å². The zero-order chi connectivity index (χ0) is 3.54. The van der Waals surface area contributed by atoms with Crippen LogP contribution in [-0.2, 0) is 0 Å². The van der Waals surface area contributed by atoms with Gasteiger partial charge in [-0.25, -0.2) is 0 Å². The molecule has 0 amide bonds. The first kappa shape index (κ1) is 10.7. The van der Waals surface area contributed by atoms with Crippen LogP contribution in [0.2, 0.25) is 0 Å². The van der Waals surface area contributed by atoms with Gasteiger partial charge in [-0.3, -0.25) is 6.08 Å². The van der Waals surface area contributed by atoms with Crippen molar-refractivity contribution in [3.8, 4) is 0 Å². The first-order valence-corrected chi connectivity index (χ1v) is 2.05. The van der Waals surface area contributed by atoms with E-state index < -0.39 is 0 Å². The normalized spacial score (nSPS) is 14.9. The van der Waals surface area contributed by atoms with Crippen molar-refractivity contribution in [3.63, 3.8) is 0 Å². The quantitative estimate of drug-likeness (QED) is 0.264. The molecule has 0 unspecified atom stereocenters. The Bertz CT molecular complexity index is 46.0. The molecular formula is C5H7ClMg. The number of allylic oxidation sites excluding steroid dienone is 2. The molecule has 0 heterocycles. The molecule has 1 rings (SSSR count). The van der Waals surface area contributed by atoms with Gasteiger partial charge in [0.25, 0.3) is 0 Å². The van der Waals surface area contributed by atoms with Gasteiger partial charge >= 0.3 is 23.1 Å². The van der Waals surface area contributed by atoms with Gasteiger partial charge in [0, 0.05) is 0 Å². The maximum atomic E-state index is 3.10. The van der Waals surface area contributed by atoms with Gasteiger partial charge < -0.3 is 18.5 Å². The summed E-state index contributed by atoms with van der Waals surface area (Å²) < 4.78 is 0. The van der Waals surface area contributed by atoms with Crippen LogP contribution in [0.15, 0.2) is 6.08 Å². The van der Waals surface area contributed by atoms with Crippen molar-refractivity contribution >= 4 is 23.1 Å². The molecule has 0 bridgehead atoms. The molecule has 0 atom stereocenters. The van der Waals surface area contributed by atoms with Crippen molar-refractivity contribution in [2.24, 2.45) is 0 Å². The third-order valence-electron chi connectivity index (χ3n) is 0.814. The summed E-state index contributed by atoms with van der Waals surface area (Å²) >= 11 is 0. The second-order valence-corrected chi connectivity index (χ2v) is 1.30. The average Bonchev–Trinajstić information content (AvgIpc) is 1.76. The molecule has 0 spiro atoms. The van der Waals surface area contributed by atoms with Gasteiger partial charge in [0.05, 0.1) is 0 Å². The molecule has 0 saturated carbocycles. The minimum absolute atomic E-state index is 0. The van der Waals surface area contributed by atoms with Crippen molar-refractivity contribution in [2.75, 3.05) is 0 Å². The van der Waals surface area contributed by atoms with E-state index in [1.54, 1.807) is 0 Å². The summed E-state index contributed by atoms with van der Waals surface area (Å²) in [4.78, 5) is 0. The Morgan fingerprint density at radius 1 is 1.43 bits per heavy atom. The maximum Gasteiger partial charge on any atom is 2.00 e. The molecule has 0 nitrogen and oxygen atoms in total. The third-order valence-corrected chi connectivity index (χ3v) is 0.814. The van der Waals surface area contributed by atoms with Crippen LogP contribution in [0.3, 0.4) is 0 Å². The molecule has 0 N–H and O–H groups in total. The monoisotopic (exact) mass is 126 g/mol. The minimum atomic E-state index is 0. The number of halogens is 1. The van der Waals surface area contributed by atoms with E-state index in [1.165, 1.54) is 19.3 Å². The van der Waals surface area contributed by atoms with Crippen LogP contribution in [-0.4, -0.2) is 23.1 Å². The Morgan fingerprint density at radius 3 is 2.29 bits per heavy atom. The Kier molecular flexibility index (Phi) is 10.4. The minimum Gasteiger partial charge on any atom is -1.00 e. The van der Waals surface area contributed by atoms with Gasteiger partial charge in [-0.05, 0) is 0 Å². The summed E-state index contributed by atoms with van der Waals surface area (Å²) in [6, 6.07) is 0. The van der Waals surface area contributed by atoms with Crippen LogP contribution >= 0.6 is 0 Å². The molecule has 1 aliphatic carbocycles. The molecule has 36 valence electrons. The average molecular weight is 127 g/mol. The van der Waals surface area contributed by atoms with Gasteiger partial charge in [-0.2, -0.15) is 6.42 Å². The zero-order valence-corrected chi connectivity index (χ0v) is 6.45. The summed E-state index contributed by atoms with van der Waals surface area (Å²) in [5.74, 6) is 0. The van der Waals surface area contributed by atoms with E-state index in [1.807, 2.05) is 0 Å². The van der Waals surface area contributed by atoms with Crippen molar-refractivity contribution < 1.29 is 12.4 Å². The van der Waals surface area contributed by atoms with Crippen molar-refractivity contribution in [1.82, 2.24) is 0 Å². The van der Waals surface area contributed by atoms with E-state index in [0.29, 0.717) is 0 Å². The van der Waals surface area contributed by atoms with E-state index in [2.05, 4.69) is 12.2 Å². The topological polar surface area (TPSA) is 0 Å². The van der Waals surface area contributed by atoms with Crippen LogP contribution in [0.25, 0.3) is 0 Å². The standard InChI is InChI=1S/C5H7.ClH.Mg/c1-2-4-5-3-1;;/h1H,2,4-5H2;1H;/q-1;;+2/p-1. The molecule has 7 heavy (non-hydrogen) atoms. The Hall–Kier alpha value is 0.796. The summed E-state index contributed by atoms with van der Waals surface area (Å²) in [6.45, 7) is 0. The molecule has 1 aliphatic rings. The van der Waals surface area contributed by atoms with Gasteiger partial charge in [0.15, 0.2) is 0 Å². The van der Waals surface area contributed by atoms with E-state index in [-0.39, 0.29) is 35.5 Å². The van der Waals surface area contributed by atoms with Gasteiger partial charge in [0.2, 0.25) is 0 Å². The Morgan fingerprint density at radius 2 is 2.14 bits per heavy atom. The van der Waals surface area contributed by atoms with E-state index >= 15 is 0 Å². The Balaban J connectivity index is 0. The molecule has 2 heteroatoms. The van der Waals surface area contributed by atoms with E-state index in [0.717, 1.165) is 0 Å². The summed E-state index contributed by atoms with van der Waals surface area (Å²) in [5, 5.41) is 0. The fraction of sp³-hybridized carbons (Fsp3) is 0.600. The maximum absolute atomic E-state index is 3.10. The SMILES string of the molecule is [C-]1=CCCC1.[Cl-].[Mg+2]. The van der Waals surface area contributed by atoms with Crippen LogP contribution < -0.4 is 12.4 Å². The number of hydrogen-bond donors (Lipinski definition) is 0. The largest absolute Gasteiger partial charge is 2.00 e. The Labute approximate surface area is 66.9 Å². The van der Waals surface area contributed by atoms with Crippen molar-refractivity contribution in [2.45, 2.75) is 19.3 Å². The van der Waals surface area contributed by atoms with Gasteiger partial charge in [-0.1, -0.05) is 12.8 Å². The smallest absolute Gasteiger partial charge is 1.00 e. The molecule has 0 fully saturated rings. The molecule has 0 aromatic carbocycles.